The minimum absolute atomic E-state index is 0.0968. The Morgan fingerprint density at radius 3 is 1.79 bits per heavy atom. The third kappa shape index (κ3) is 4.48. The number of aromatic nitrogens is 1. The number of anilines is 2. The lowest BCUT2D eigenvalue weighted by molar-refractivity contribution is 0.666. The van der Waals surface area contributed by atoms with E-state index >= 15 is 0 Å². The molecule has 1 aromatic heterocycles. The Kier molecular flexibility index (Phi) is 6.20. The topological polar surface area (TPSA) is 17.0 Å². The second kappa shape index (κ2) is 10.6. The van der Waals surface area contributed by atoms with E-state index in [2.05, 4.69) is 188 Å². The number of para-hydroxylation sites is 2. The van der Waals surface area contributed by atoms with Crippen molar-refractivity contribution in [1.82, 2.24) is 4.57 Å². The lowest BCUT2D eigenvalue weighted by atomic mass is 9.81. The third-order valence-corrected chi connectivity index (χ3v) is 9.94. The number of benzene rings is 7. The first-order valence-corrected chi connectivity index (χ1v) is 16.4. The second-order valence-corrected chi connectivity index (χ2v) is 13.1. The van der Waals surface area contributed by atoms with Crippen LogP contribution >= 0.6 is 0 Å². The normalized spacial score (nSPS) is 13.1. The lowest BCUT2D eigenvalue weighted by Gasteiger charge is -2.21. The van der Waals surface area contributed by atoms with Crippen molar-refractivity contribution in [2.24, 2.45) is 0 Å². The van der Waals surface area contributed by atoms with Crippen molar-refractivity contribution in [2.75, 3.05) is 5.32 Å². The zero-order valence-corrected chi connectivity index (χ0v) is 26.5. The minimum atomic E-state index is -0.0968. The Bertz CT molecular complexity index is 2430. The molecule has 0 unspecified atom stereocenters. The standard InChI is InChI=1S/C45H34N2/c1-45(2)41-27-22-35(29-40(41)44-43(45)39-14-8-9-15-42(39)47(44)38-12-4-3-5-13-38)32-20-25-37(26-21-32)46-36-23-18-31(19-24-36)34-17-16-30-10-6-7-11-33(30)28-34/h3-29,46H,1-2H3. The van der Waals surface area contributed by atoms with Gasteiger partial charge in [-0.25, -0.2) is 0 Å². The molecule has 1 aliphatic rings. The number of fused-ring (bicyclic) bond motifs is 6. The Balaban J connectivity index is 1.02. The molecule has 224 valence electrons. The van der Waals surface area contributed by atoms with E-state index in [1.165, 1.54) is 72.0 Å². The average Bonchev–Trinajstić information content (AvgIpc) is 3.59. The predicted octanol–water partition coefficient (Wildman–Crippen LogP) is 12.2. The molecule has 0 saturated carbocycles. The fraction of sp³-hybridized carbons (Fsp3) is 0.0667. The molecule has 2 nitrogen and oxygen atoms in total. The van der Waals surface area contributed by atoms with Crippen molar-refractivity contribution in [3.63, 3.8) is 0 Å². The summed E-state index contributed by atoms with van der Waals surface area (Å²) in [6.07, 6.45) is 0. The summed E-state index contributed by atoms with van der Waals surface area (Å²) in [5, 5.41) is 7.45. The average molecular weight is 603 g/mol. The van der Waals surface area contributed by atoms with Gasteiger partial charge in [0, 0.05) is 33.4 Å². The number of nitrogens with one attached hydrogen (secondary N) is 1. The summed E-state index contributed by atoms with van der Waals surface area (Å²) in [5.74, 6) is 0. The van der Waals surface area contributed by atoms with Crippen LogP contribution in [0, 0.1) is 0 Å². The molecule has 1 heterocycles. The van der Waals surface area contributed by atoms with Crippen molar-refractivity contribution in [3.05, 3.63) is 175 Å². The van der Waals surface area contributed by atoms with Crippen LogP contribution in [0.15, 0.2) is 164 Å². The molecule has 0 aliphatic heterocycles. The molecule has 0 bridgehead atoms. The van der Waals surface area contributed by atoms with Gasteiger partial charge in [-0.05, 0) is 98.8 Å². The van der Waals surface area contributed by atoms with Crippen molar-refractivity contribution < 1.29 is 0 Å². The summed E-state index contributed by atoms with van der Waals surface area (Å²) in [6, 6.07) is 59.3. The molecule has 47 heavy (non-hydrogen) atoms. The monoisotopic (exact) mass is 602 g/mol. The van der Waals surface area contributed by atoms with E-state index < -0.39 is 0 Å². The predicted molar refractivity (Wildman–Crippen MR) is 199 cm³/mol. The quantitative estimate of drug-likeness (QED) is 0.207. The lowest BCUT2D eigenvalue weighted by Crippen LogP contribution is -2.14. The van der Waals surface area contributed by atoms with Gasteiger partial charge in [0.1, 0.15) is 0 Å². The molecule has 0 saturated heterocycles. The van der Waals surface area contributed by atoms with Gasteiger partial charge in [0.25, 0.3) is 0 Å². The molecule has 0 spiro atoms. The molecule has 7 aromatic carbocycles. The van der Waals surface area contributed by atoms with Gasteiger partial charge >= 0.3 is 0 Å². The van der Waals surface area contributed by atoms with Gasteiger partial charge in [0.2, 0.25) is 0 Å². The van der Waals surface area contributed by atoms with E-state index in [0.717, 1.165) is 11.4 Å². The maximum absolute atomic E-state index is 3.59. The first-order valence-electron chi connectivity index (χ1n) is 16.4. The molecule has 0 amide bonds. The molecule has 1 aliphatic carbocycles. The largest absolute Gasteiger partial charge is 0.356 e. The Morgan fingerprint density at radius 1 is 0.489 bits per heavy atom. The van der Waals surface area contributed by atoms with Crippen LogP contribution in [0.1, 0.15) is 25.0 Å². The maximum atomic E-state index is 3.59. The molecule has 0 radical (unpaired) electrons. The molecular weight excluding hydrogens is 569 g/mol. The van der Waals surface area contributed by atoms with Gasteiger partial charge in [0.05, 0.1) is 11.2 Å². The summed E-state index contributed by atoms with van der Waals surface area (Å²) >= 11 is 0. The van der Waals surface area contributed by atoms with Crippen LogP contribution in [0.3, 0.4) is 0 Å². The van der Waals surface area contributed by atoms with Crippen LogP contribution in [0.2, 0.25) is 0 Å². The molecular formula is C45H34N2. The highest BCUT2D eigenvalue weighted by Gasteiger charge is 2.40. The molecule has 0 atom stereocenters. The van der Waals surface area contributed by atoms with Crippen LogP contribution in [0.5, 0.6) is 0 Å². The summed E-state index contributed by atoms with van der Waals surface area (Å²) in [6.45, 7) is 4.74. The highest BCUT2D eigenvalue weighted by atomic mass is 15.0. The van der Waals surface area contributed by atoms with E-state index in [1.54, 1.807) is 0 Å². The van der Waals surface area contributed by atoms with Crippen LogP contribution in [0.25, 0.3) is 60.9 Å². The van der Waals surface area contributed by atoms with Crippen molar-refractivity contribution in [2.45, 2.75) is 19.3 Å². The molecule has 9 rings (SSSR count). The molecule has 8 aromatic rings. The van der Waals surface area contributed by atoms with Crippen LogP contribution in [-0.4, -0.2) is 4.57 Å². The number of hydrogen-bond acceptors (Lipinski definition) is 1. The Morgan fingerprint density at radius 2 is 1.06 bits per heavy atom. The highest BCUT2D eigenvalue weighted by Crippen LogP contribution is 2.54. The fourth-order valence-electron chi connectivity index (χ4n) is 7.60. The van der Waals surface area contributed by atoms with Crippen LogP contribution in [-0.2, 0) is 5.41 Å². The van der Waals surface area contributed by atoms with E-state index in [-0.39, 0.29) is 5.41 Å². The first-order chi connectivity index (χ1) is 23.0. The Hall–Kier alpha value is -5.86. The number of hydrogen-bond donors (Lipinski definition) is 1. The van der Waals surface area contributed by atoms with Gasteiger partial charge in [-0.2, -0.15) is 0 Å². The van der Waals surface area contributed by atoms with E-state index in [0.29, 0.717) is 0 Å². The third-order valence-electron chi connectivity index (χ3n) is 9.94. The maximum Gasteiger partial charge on any atom is 0.0585 e. The van der Waals surface area contributed by atoms with Gasteiger partial charge in [-0.1, -0.05) is 123 Å². The van der Waals surface area contributed by atoms with Crippen LogP contribution in [0.4, 0.5) is 11.4 Å². The summed E-state index contributed by atoms with van der Waals surface area (Å²) in [4.78, 5) is 0. The fourth-order valence-corrected chi connectivity index (χ4v) is 7.60. The highest BCUT2D eigenvalue weighted by molar-refractivity contribution is 6.00. The number of rotatable bonds is 5. The van der Waals surface area contributed by atoms with Gasteiger partial charge < -0.3 is 9.88 Å². The van der Waals surface area contributed by atoms with Gasteiger partial charge in [-0.15, -0.1) is 0 Å². The van der Waals surface area contributed by atoms with Crippen molar-refractivity contribution in [1.29, 1.82) is 0 Å². The summed E-state index contributed by atoms with van der Waals surface area (Å²) in [7, 11) is 0. The summed E-state index contributed by atoms with van der Waals surface area (Å²) < 4.78 is 2.46. The van der Waals surface area contributed by atoms with E-state index in [9.17, 15) is 0 Å². The minimum Gasteiger partial charge on any atom is -0.356 e. The first kappa shape index (κ1) is 27.5. The second-order valence-electron chi connectivity index (χ2n) is 13.1. The van der Waals surface area contributed by atoms with E-state index in [1.807, 2.05) is 0 Å². The van der Waals surface area contributed by atoms with Gasteiger partial charge in [-0.3, -0.25) is 0 Å². The Labute approximate surface area is 275 Å². The SMILES string of the molecule is CC1(C)c2ccc(-c3ccc(Nc4ccc(-c5ccc6ccccc6c5)cc4)cc3)cc2-c2c1c1ccccc1n2-c1ccccc1. The zero-order chi connectivity index (χ0) is 31.5. The van der Waals surface area contributed by atoms with E-state index in [4.69, 9.17) is 0 Å². The van der Waals surface area contributed by atoms with Gasteiger partial charge in [0.15, 0.2) is 0 Å². The zero-order valence-electron chi connectivity index (χ0n) is 26.5. The van der Waals surface area contributed by atoms with Crippen molar-refractivity contribution >= 4 is 33.1 Å². The smallest absolute Gasteiger partial charge is 0.0585 e. The molecule has 1 N–H and O–H groups in total. The molecule has 0 fully saturated rings. The van der Waals surface area contributed by atoms with Crippen molar-refractivity contribution in [3.8, 4) is 39.2 Å². The molecule has 2 heteroatoms. The number of nitrogens with zero attached hydrogens (tertiary/aromatic N) is 1. The summed E-state index contributed by atoms with van der Waals surface area (Å²) in [5.41, 5.74) is 14.8. The van der Waals surface area contributed by atoms with Crippen LogP contribution < -0.4 is 5.32 Å².